The van der Waals surface area contributed by atoms with E-state index in [1.807, 2.05) is 13.0 Å². The molecule has 3 rings (SSSR count). The van der Waals surface area contributed by atoms with Crippen molar-refractivity contribution in [3.05, 3.63) is 23.8 Å². The van der Waals surface area contributed by atoms with Gasteiger partial charge in [-0.05, 0) is 43.4 Å². The van der Waals surface area contributed by atoms with E-state index < -0.39 is 17.9 Å². The maximum Gasteiger partial charge on any atom is 0.337 e. The van der Waals surface area contributed by atoms with Crippen LogP contribution in [0.2, 0.25) is 0 Å². The molecule has 2 heterocycles. The van der Waals surface area contributed by atoms with Gasteiger partial charge < -0.3 is 25.0 Å². The minimum Gasteiger partial charge on any atom is -0.481 e. The van der Waals surface area contributed by atoms with Gasteiger partial charge in [-0.15, -0.1) is 0 Å². The SMILES string of the molecule is COC(=O)c1ccc(N2CCCC2)c(NC(=O)N2CC(C)CC(C(=O)O)C2)c1. The molecule has 2 unspecified atom stereocenters. The number of carbonyl (C=O) groups excluding carboxylic acids is 2. The molecule has 2 aliphatic heterocycles. The minimum atomic E-state index is -0.880. The lowest BCUT2D eigenvalue weighted by molar-refractivity contribution is -0.143. The number of ether oxygens (including phenoxy) is 1. The van der Waals surface area contributed by atoms with Crippen LogP contribution in [0.5, 0.6) is 0 Å². The third-order valence-electron chi connectivity index (χ3n) is 5.40. The van der Waals surface area contributed by atoms with Crippen molar-refractivity contribution < 1.29 is 24.2 Å². The average molecular weight is 389 g/mol. The minimum absolute atomic E-state index is 0.111. The molecular weight excluding hydrogens is 362 g/mol. The summed E-state index contributed by atoms with van der Waals surface area (Å²) in [7, 11) is 1.32. The van der Waals surface area contributed by atoms with Crippen molar-refractivity contribution in [1.82, 2.24) is 4.90 Å². The van der Waals surface area contributed by atoms with Gasteiger partial charge in [-0.1, -0.05) is 6.92 Å². The van der Waals surface area contributed by atoms with E-state index in [9.17, 15) is 19.5 Å². The molecule has 152 valence electrons. The van der Waals surface area contributed by atoms with Gasteiger partial charge in [-0.3, -0.25) is 4.79 Å². The van der Waals surface area contributed by atoms with Gasteiger partial charge >= 0.3 is 18.0 Å². The summed E-state index contributed by atoms with van der Waals surface area (Å²) in [6.45, 7) is 4.42. The molecule has 2 aliphatic rings. The zero-order chi connectivity index (χ0) is 20.3. The van der Waals surface area contributed by atoms with Crippen LogP contribution in [-0.4, -0.2) is 61.3 Å². The number of carbonyl (C=O) groups is 3. The molecule has 8 heteroatoms. The molecule has 2 atom stereocenters. The molecule has 0 radical (unpaired) electrons. The molecule has 8 nitrogen and oxygen atoms in total. The van der Waals surface area contributed by atoms with E-state index in [4.69, 9.17) is 4.74 Å². The number of amides is 2. The zero-order valence-electron chi connectivity index (χ0n) is 16.3. The summed E-state index contributed by atoms with van der Waals surface area (Å²) in [6.07, 6.45) is 2.72. The van der Waals surface area contributed by atoms with E-state index in [-0.39, 0.29) is 18.5 Å². The Hall–Kier alpha value is -2.77. The second kappa shape index (κ2) is 8.50. The van der Waals surface area contributed by atoms with Crippen LogP contribution in [0.3, 0.4) is 0 Å². The van der Waals surface area contributed by atoms with Crippen LogP contribution in [0.25, 0.3) is 0 Å². The quantitative estimate of drug-likeness (QED) is 0.768. The number of benzene rings is 1. The monoisotopic (exact) mass is 389 g/mol. The first-order valence-corrected chi connectivity index (χ1v) is 9.65. The van der Waals surface area contributed by atoms with Gasteiger partial charge in [0.25, 0.3) is 0 Å². The molecule has 2 amide bonds. The number of piperidine rings is 1. The number of esters is 1. The highest BCUT2D eigenvalue weighted by molar-refractivity contribution is 5.97. The Morgan fingerprint density at radius 3 is 2.54 bits per heavy atom. The van der Waals surface area contributed by atoms with Gasteiger partial charge in [0.05, 0.1) is 30.0 Å². The molecule has 1 aromatic rings. The number of likely N-dealkylation sites (tertiary alicyclic amines) is 1. The van der Waals surface area contributed by atoms with Crippen molar-refractivity contribution in [2.75, 3.05) is 43.5 Å². The molecule has 0 aliphatic carbocycles. The number of methoxy groups -OCH3 is 1. The first-order chi connectivity index (χ1) is 13.4. The highest BCUT2D eigenvalue weighted by Crippen LogP contribution is 2.31. The molecule has 0 bridgehead atoms. The first-order valence-electron chi connectivity index (χ1n) is 9.65. The Bertz CT molecular complexity index is 760. The fraction of sp³-hybridized carbons (Fsp3) is 0.550. The van der Waals surface area contributed by atoms with Gasteiger partial charge in [0.15, 0.2) is 0 Å². The maximum absolute atomic E-state index is 12.9. The summed E-state index contributed by atoms with van der Waals surface area (Å²) in [4.78, 5) is 39.9. The number of nitrogens with zero attached hydrogens (tertiary/aromatic N) is 2. The third-order valence-corrected chi connectivity index (χ3v) is 5.40. The second-order valence-corrected chi connectivity index (χ2v) is 7.63. The summed E-state index contributed by atoms with van der Waals surface area (Å²) in [6, 6.07) is 4.80. The van der Waals surface area contributed by atoms with E-state index in [2.05, 4.69) is 10.2 Å². The highest BCUT2D eigenvalue weighted by atomic mass is 16.5. The van der Waals surface area contributed by atoms with E-state index in [1.165, 1.54) is 7.11 Å². The Kier molecular flexibility index (Phi) is 6.06. The highest BCUT2D eigenvalue weighted by Gasteiger charge is 2.32. The van der Waals surface area contributed by atoms with Crippen molar-refractivity contribution in [2.45, 2.75) is 26.2 Å². The summed E-state index contributed by atoms with van der Waals surface area (Å²) in [5.41, 5.74) is 1.76. The van der Waals surface area contributed by atoms with Crippen LogP contribution >= 0.6 is 0 Å². The normalized spacial score (nSPS) is 22.1. The van der Waals surface area contributed by atoms with Crippen LogP contribution in [0.4, 0.5) is 16.2 Å². The number of carboxylic acids is 1. The molecule has 2 N–H and O–H groups in total. The number of hydrogen-bond donors (Lipinski definition) is 2. The third kappa shape index (κ3) is 4.37. The summed E-state index contributed by atoms with van der Waals surface area (Å²) in [5.74, 6) is -1.80. The molecule has 0 aromatic heterocycles. The largest absolute Gasteiger partial charge is 0.481 e. The Morgan fingerprint density at radius 1 is 1.18 bits per heavy atom. The topological polar surface area (TPSA) is 99.2 Å². The zero-order valence-corrected chi connectivity index (χ0v) is 16.3. The van der Waals surface area contributed by atoms with Crippen LogP contribution in [0.1, 0.15) is 36.5 Å². The van der Waals surface area contributed by atoms with Gasteiger partial charge in [0.2, 0.25) is 0 Å². The van der Waals surface area contributed by atoms with Gasteiger partial charge in [0, 0.05) is 26.2 Å². The second-order valence-electron chi connectivity index (χ2n) is 7.63. The van der Waals surface area contributed by atoms with Gasteiger partial charge in [-0.2, -0.15) is 0 Å². The predicted octanol–water partition coefficient (Wildman–Crippen LogP) is 2.65. The fourth-order valence-electron chi connectivity index (χ4n) is 4.01. The first kappa shape index (κ1) is 20.0. The van der Waals surface area contributed by atoms with E-state index >= 15 is 0 Å². The molecule has 2 saturated heterocycles. The summed E-state index contributed by atoms with van der Waals surface area (Å²) in [5, 5.41) is 12.2. The van der Waals surface area contributed by atoms with Crippen molar-refractivity contribution in [3.8, 4) is 0 Å². The number of nitrogens with one attached hydrogen (secondary N) is 1. The molecule has 1 aromatic carbocycles. The van der Waals surface area contributed by atoms with Crippen molar-refractivity contribution in [2.24, 2.45) is 11.8 Å². The molecule has 0 spiro atoms. The number of anilines is 2. The van der Waals surface area contributed by atoms with E-state index in [0.717, 1.165) is 31.6 Å². The smallest absolute Gasteiger partial charge is 0.337 e. The average Bonchev–Trinajstić information content (AvgIpc) is 3.21. The van der Waals surface area contributed by atoms with E-state index in [1.54, 1.807) is 17.0 Å². The van der Waals surface area contributed by atoms with E-state index in [0.29, 0.717) is 24.2 Å². The number of hydrogen-bond acceptors (Lipinski definition) is 5. The predicted molar refractivity (Wildman–Crippen MR) is 105 cm³/mol. The Labute approximate surface area is 164 Å². The summed E-state index contributed by atoms with van der Waals surface area (Å²) >= 11 is 0. The number of rotatable bonds is 4. The van der Waals surface area contributed by atoms with Gasteiger partial charge in [0.1, 0.15) is 0 Å². The lowest BCUT2D eigenvalue weighted by Gasteiger charge is -2.35. The molecule has 2 fully saturated rings. The lowest BCUT2D eigenvalue weighted by atomic mass is 9.91. The maximum atomic E-state index is 12.9. The van der Waals surface area contributed by atoms with Crippen molar-refractivity contribution in [3.63, 3.8) is 0 Å². The van der Waals surface area contributed by atoms with Crippen molar-refractivity contribution >= 4 is 29.3 Å². The van der Waals surface area contributed by atoms with Crippen molar-refractivity contribution in [1.29, 1.82) is 0 Å². The van der Waals surface area contributed by atoms with Crippen LogP contribution in [0.15, 0.2) is 18.2 Å². The standard InChI is InChI=1S/C20H27N3O5/c1-13-9-15(18(24)25)12-23(11-13)20(27)21-16-10-14(19(26)28-2)5-6-17(16)22-7-3-4-8-22/h5-6,10,13,15H,3-4,7-9,11-12H2,1-2H3,(H,21,27)(H,24,25). The van der Waals surface area contributed by atoms with Crippen LogP contribution in [-0.2, 0) is 9.53 Å². The number of urea groups is 1. The lowest BCUT2D eigenvalue weighted by Crippen LogP contribution is -2.47. The molecular formula is C20H27N3O5. The fourth-order valence-corrected chi connectivity index (χ4v) is 4.01. The molecule has 28 heavy (non-hydrogen) atoms. The van der Waals surface area contributed by atoms with Gasteiger partial charge in [-0.25, -0.2) is 9.59 Å². The number of carboxylic acid groups (broad SMARTS) is 1. The van der Waals surface area contributed by atoms with Crippen LogP contribution in [0, 0.1) is 11.8 Å². The van der Waals surface area contributed by atoms with Crippen LogP contribution < -0.4 is 10.2 Å². The molecule has 0 saturated carbocycles. The Balaban J connectivity index is 1.83. The summed E-state index contributed by atoms with van der Waals surface area (Å²) < 4.78 is 4.79. The Morgan fingerprint density at radius 2 is 1.89 bits per heavy atom. The number of aliphatic carboxylic acids is 1.